The number of hydrogen-bond acceptors (Lipinski definition) is 1. The predicted molar refractivity (Wildman–Crippen MR) is 97.7 cm³/mol. The van der Waals surface area contributed by atoms with Crippen molar-refractivity contribution in [3.05, 3.63) is 48.6 Å². The van der Waals surface area contributed by atoms with Crippen molar-refractivity contribution in [3.8, 4) is 0 Å². The maximum atomic E-state index is 3.93. The zero-order valence-electron chi connectivity index (χ0n) is 14.6. The van der Waals surface area contributed by atoms with Crippen LogP contribution in [0.15, 0.2) is 48.6 Å². The van der Waals surface area contributed by atoms with E-state index >= 15 is 0 Å². The van der Waals surface area contributed by atoms with Crippen molar-refractivity contribution in [1.29, 1.82) is 0 Å². The van der Waals surface area contributed by atoms with Crippen LogP contribution in [0.5, 0.6) is 0 Å². The summed E-state index contributed by atoms with van der Waals surface area (Å²) in [7, 11) is 0. The van der Waals surface area contributed by atoms with Gasteiger partial charge in [0.15, 0.2) is 0 Å². The fourth-order valence-electron chi connectivity index (χ4n) is 2.17. The standard InChI is InChI=1S/C20H35N/c1-17(2)13-9-7-11-15-19(5)21-20(6)16-12-8-10-14-18(3)4/h11-12,15-16,19-21H,1,3,7-10,13-14H2,2,4-6H3/b15-11+,16-12+. The Bertz CT molecular complexity index is 315. The van der Waals surface area contributed by atoms with Crippen LogP contribution >= 0.6 is 0 Å². The highest BCUT2D eigenvalue weighted by Crippen LogP contribution is 2.06. The molecule has 1 nitrogen and oxygen atoms in total. The first-order chi connectivity index (χ1) is 9.91. The molecule has 0 aliphatic heterocycles. The highest BCUT2D eigenvalue weighted by Gasteiger charge is 2.00. The Kier molecular flexibility index (Phi) is 12.0. The summed E-state index contributed by atoms with van der Waals surface area (Å²) in [6.45, 7) is 16.5. The summed E-state index contributed by atoms with van der Waals surface area (Å²) < 4.78 is 0. The van der Waals surface area contributed by atoms with Crippen LogP contribution in [0.25, 0.3) is 0 Å². The van der Waals surface area contributed by atoms with Crippen LogP contribution in [0.3, 0.4) is 0 Å². The van der Waals surface area contributed by atoms with Crippen molar-refractivity contribution < 1.29 is 0 Å². The molecule has 0 radical (unpaired) electrons. The molecule has 0 fully saturated rings. The first-order valence-corrected chi connectivity index (χ1v) is 8.30. The third-order valence-electron chi connectivity index (χ3n) is 3.32. The van der Waals surface area contributed by atoms with Crippen molar-refractivity contribution in [2.45, 2.75) is 78.3 Å². The van der Waals surface area contributed by atoms with Crippen LogP contribution in [0.2, 0.25) is 0 Å². The smallest absolute Gasteiger partial charge is 0.0227 e. The zero-order chi connectivity index (χ0) is 16.1. The second-order valence-corrected chi connectivity index (χ2v) is 6.30. The summed E-state index contributed by atoms with van der Waals surface area (Å²) in [4.78, 5) is 0. The molecule has 1 N–H and O–H groups in total. The molecule has 1 heteroatoms. The van der Waals surface area contributed by atoms with E-state index in [1.165, 1.54) is 24.0 Å². The van der Waals surface area contributed by atoms with Crippen LogP contribution in [0.4, 0.5) is 0 Å². The van der Waals surface area contributed by atoms with Crippen molar-refractivity contribution in [1.82, 2.24) is 5.32 Å². The minimum absolute atomic E-state index is 0.421. The molecule has 0 rings (SSSR count). The SMILES string of the molecule is C=C(C)CCC/C=C/C(C)NC(C)/C=C/CCCC(=C)C. The van der Waals surface area contributed by atoms with Crippen LogP contribution in [0.1, 0.15) is 66.2 Å². The third-order valence-corrected chi connectivity index (χ3v) is 3.32. The summed E-state index contributed by atoms with van der Waals surface area (Å²) in [5.74, 6) is 0. The van der Waals surface area contributed by atoms with Gasteiger partial charge in [-0.15, -0.1) is 13.2 Å². The topological polar surface area (TPSA) is 12.0 Å². The Morgan fingerprint density at radius 1 is 0.857 bits per heavy atom. The van der Waals surface area contributed by atoms with Gasteiger partial charge in [0.05, 0.1) is 0 Å². The number of rotatable bonds is 12. The molecule has 0 saturated carbocycles. The van der Waals surface area contributed by atoms with Gasteiger partial charge < -0.3 is 5.32 Å². The highest BCUT2D eigenvalue weighted by molar-refractivity contribution is 4.98. The summed E-state index contributed by atoms with van der Waals surface area (Å²) in [5.41, 5.74) is 2.56. The molecule has 21 heavy (non-hydrogen) atoms. The molecule has 2 unspecified atom stereocenters. The molecule has 0 aromatic heterocycles. The molecular formula is C20H35N. The number of allylic oxidation sites excluding steroid dienone is 4. The fraction of sp³-hybridized carbons (Fsp3) is 0.600. The molecule has 0 aliphatic rings. The Morgan fingerprint density at radius 3 is 1.57 bits per heavy atom. The minimum Gasteiger partial charge on any atom is -0.305 e. The van der Waals surface area contributed by atoms with Gasteiger partial charge in [0.25, 0.3) is 0 Å². The molecule has 0 bridgehead atoms. The molecule has 0 aromatic carbocycles. The van der Waals surface area contributed by atoms with Gasteiger partial charge in [-0.25, -0.2) is 0 Å². The van der Waals surface area contributed by atoms with Gasteiger partial charge in [-0.1, -0.05) is 35.5 Å². The van der Waals surface area contributed by atoms with E-state index in [0.717, 1.165) is 25.7 Å². The largest absolute Gasteiger partial charge is 0.305 e. The Morgan fingerprint density at radius 2 is 1.24 bits per heavy atom. The van der Waals surface area contributed by atoms with Crippen molar-refractivity contribution in [3.63, 3.8) is 0 Å². The average molecular weight is 290 g/mol. The second kappa shape index (κ2) is 12.6. The number of hydrogen-bond donors (Lipinski definition) is 1. The van der Waals surface area contributed by atoms with Gasteiger partial charge in [0, 0.05) is 12.1 Å². The van der Waals surface area contributed by atoms with E-state index in [1.807, 2.05) is 0 Å². The van der Waals surface area contributed by atoms with E-state index in [1.54, 1.807) is 0 Å². The van der Waals surface area contributed by atoms with Gasteiger partial charge in [-0.05, 0) is 66.2 Å². The first-order valence-electron chi connectivity index (χ1n) is 8.30. The molecule has 0 amide bonds. The summed E-state index contributed by atoms with van der Waals surface area (Å²) >= 11 is 0. The van der Waals surface area contributed by atoms with Crippen LogP contribution in [-0.4, -0.2) is 12.1 Å². The maximum absolute atomic E-state index is 3.93. The lowest BCUT2D eigenvalue weighted by molar-refractivity contribution is 0.583. The van der Waals surface area contributed by atoms with Crippen LogP contribution in [0, 0.1) is 0 Å². The average Bonchev–Trinajstić information content (AvgIpc) is 2.37. The van der Waals surface area contributed by atoms with Gasteiger partial charge in [0.2, 0.25) is 0 Å². The lowest BCUT2D eigenvalue weighted by Crippen LogP contribution is -2.31. The predicted octanol–water partition coefficient (Wildman–Crippen LogP) is 5.96. The molecule has 2 atom stereocenters. The second-order valence-electron chi connectivity index (χ2n) is 6.30. The van der Waals surface area contributed by atoms with E-state index < -0.39 is 0 Å². The zero-order valence-corrected chi connectivity index (χ0v) is 14.6. The van der Waals surface area contributed by atoms with Crippen LogP contribution < -0.4 is 5.32 Å². The van der Waals surface area contributed by atoms with Gasteiger partial charge in [-0.3, -0.25) is 0 Å². The third kappa shape index (κ3) is 15.1. The fourth-order valence-corrected chi connectivity index (χ4v) is 2.17. The molecule has 120 valence electrons. The van der Waals surface area contributed by atoms with Gasteiger partial charge in [0.1, 0.15) is 0 Å². The maximum Gasteiger partial charge on any atom is 0.0227 e. The van der Waals surface area contributed by atoms with E-state index in [-0.39, 0.29) is 0 Å². The Hall–Kier alpha value is -1.08. The van der Waals surface area contributed by atoms with Crippen molar-refractivity contribution >= 4 is 0 Å². The first kappa shape index (κ1) is 19.9. The van der Waals surface area contributed by atoms with E-state index in [9.17, 15) is 0 Å². The summed E-state index contributed by atoms with van der Waals surface area (Å²) in [5, 5.41) is 3.57. The number of nitrogens with one attached hydrogen (secondary N) is 1. The monoisotopic (exact) mass is 289 g/mol. The normalized spacial score (nSPS) is 14.7. The van der Waals surface area contributed by atoms with Crippen molar-refractivity contribution in [2.75, 3.05) is 0 Å². The number of unbranched alkanes of at least 4 members (excludes halogenated alkanes) is 2. The van der Waals surface area contributed by atoms with Gasteiger partial charge in [-0.2, -0.15) is 0 Å². The molecule has 0 aromatic rings. The van der Waals surface area contributed by atoms with Crippen LogP contribution in [-0.2, 0) is 0 Å². The quantitative estimate of drug-likeness (QED) is 0.345. The van der Waals surface area contributed by atoms with E-state index in [2.05, 4.69) is 70.5 Å². The summed E-state index contributed by atoms with van der Waals surface area (Å²) in [6.07, 6.45) is 16.1. The lowest BCUT2D eigenvalue weighted by atomic mass is 10.1. The van der Waals surface area contributed by atoms with E-state index in [4.69, 9.17) is 0 Å². The molecular weight excluding hydrogens is 254 g/mol. The Labute approximate surface area is 132 Å². The minimum atomic E-state index is 0.421. The lowest BCUT2D eigenvalue weighted by Gasteiger charge is -2.14. The highest BCUT2D eigenvalue weighted by atomic mass is 14.9. The molecule has 0 spiro atoms. The molecule has 0 saturated heterocycles. The molecule has 0 aliphatic carbocycles. The summed E-state index contributed by atoms with van der Waals surface area (Å²) in [6, 6.07) is 0.842. The van der Waals surface area contributed by atoms with Gasteiger partial charge >= 0.3 is 0 Å². The van der Waals surface area contributed by atoms with E-state index in [0.29, 0.717) is 12.1 Å². The molecule has 0 heterocycles. The Balaban J connectivity index is 3.74. The van der Waals surface area contributed by atoms with Crippen molar-refractivity contribution in [2.24, 2.45) is 0 Å².